The van der Waals surface area contributed by atoms with Gasteiger partial charge in [0, 0.05) is 27.2 Å². The van der Waals surface area contributed by atoms with Crippen molar-refractivity contribution in [2.24, 2.45) is 10.4 Å². The molecule has 0 bridgehead atoms. The first-order chi connectivity index (χ1) is 14.6. The van der Waals surface area contributed by atoms with E-state index in [1.807, 2.05) is 13.0 Å². The van der Waals surface area contributed by atoms with Crippen molar-refractivity contribution in [2.75, 3.05) is 33.8 Å². The number of amides is 1. The van der Waals surface area contributed by atoms with E-state index >= 15 is 0 Å². The van der Waals surface area contributed by atoms with Crippen LogP contribution in [0.5, 0.6) is 0 Å². The van der Waals surface area contributed by atoms with Crippen LogP contribution in [0.25, 0.3) is 0 Å². The summed E-state index contributed by atoms with van der Waals surface area (Å²) in [4.78, 5) is 19.0. The minimum atomic E-state index is -4.33. The quantitative estimate of drug-likeness (QED) is 0.454. The van der Waals surface area contributed by atoms with Crippen LogP contribution in [-0.4, -0.2) is 56.7 Å². The number of carbonyl (C=O) groups excluding carboxylic acids is 1. The molecule has 0 radical (unpaired) electrons. The zero-order chi connectivity index (χ0) is 22.9. The molecule has 0 aliphatic heterocycles. The first-order valence-electron chi connectivity index (χ1n) is 10.6. The Hall–Kier alpha value is -2.29. The second-order valence-corrected chi connectivity index (χ2v) is 8.16. The highest BCUT2D eigenvalue weighted by molar-refractivity contribution is 5.85. The molecule has 1 aliphatic rings. The van der Waals surface area contributed by atoms with Gasteiger partial charge < -0.3 is 20.3 Å². The second kappa shape index (κ2) is 11.4. The first kappa shape index (κ1) is 25.0. The van der Waals surface area contributed by atoms with E-state index in [4.69, 9.17) is 4.74 Å². The van der Waals surface area contributed by atoms with Crippen LogP contribution in [0.2, 0.25) is 0 Å². The van der Waals surface area contributed by atoms with Crippen LogP contribution in [-0.2, 0) is 22.7 Å². The van der Waals surface area contributed by atoms with E-state index in [9.17, 15) is 18.0 Å². The van der Waals surface area contributed by atoms with Crippen LogP contribution in [0.3, 0.4) is 0 Å². The van der Waals surface area contributed by atoms with Crippen LogP contribution in [0.15, 0.2) is 29.3 Å². The summed E-state index contributed by atoms with van der Waals surface area (Å²) < 4.78 is 41.5. The number of nitrogens with one attached hydrogen (secondary N) is 2. The summed E-state index contributed by atoms with van der Waals surface area (Å²) in [6, 6.07) is 7.16. The van der Waals surface area contributed by atoms with Gasteiger partial charge in [0.2, 0.25) is 5.91 Å². The fourth-order valence-electron chi connectivity index (χ4n) is 3.86. The monoisotopic (exact) mass is 442 g/mol. The van der Waals surface area contributed by atoms with Crippen molar-refractivity contribution in [3.63, 3.8) is 0 Å². The molecule has 1 saturated carbocycles. The molecule has 1 amide bonds. The van der Waals surface area contributed by atoms with E-state index in [0.717, 1.165) is 31.2 Å². The molecule has 0 spiro atoms. The predicted octanol–water partition coefficient (Wildman–Crippen LogP) is 3.47. The summed E-state index contributed by atoms with van der Waals surface area (Å²) in [5.74, 6) is 0.749. The van der Waals surface area contributed by atoms with Crippen LogP contribution in [0, 0.1) is 5.41 Å². The molecule has 1 fully saturated rings. The highest BCUT2D eigenvalue weighted by Crippen LogP contribution is 2.38. The molecule has 2 rings (SSSR count). The third kappa shape index (κ3) is 8.05. The summed E-state index contributed by atoms with van der Waals surface area (Å²) >= 11 is 0. The lowest BCUT2D eigenvalue weighted by atomic mass is 9.84. The van der Waals surface area contributed by atoms with Crippen molar-refractivity contribution >= 4 is 11.9 Å². The molecule has 0 heterocycles. The SMILES string of the molecule is CCNC(=NCc1cccc(COCC(F)(F)F)c1)NCC1(C(=O)N(C)C)CCCC1. The number of carbonyl (C=O) groups is 1. The number of ether oxygens (including phenoxy) is 1. The maximum absolute atomic E-state index is 12.7. The predicted molar refractivity (Wildman–Crippen MR) is 115 cm³/mol. The van der Waals surface area contributed by atoms with Crippen molar-refractivity contribution in [3.8, 4) is 0 Å². The summed E-state index contributed by atoms with van der Waals surface area (Å²) in [5.41, 5.74) is 1.12. The maximum atomic E-state index is 12.7. The standard InChI is InChI=1S/C22H33F3N4O2/c1-4-26-20(28-15-21(10-5-6-11-21)19(30)29(2)3)27-13-17-8-7-9-18(12-17)14-31-16-22(23,24)25/h7-9,12H,4-6,10-11,13-16H2,1-3H3,(H2,26,27,28). The Morgan fingerprint density at radius 1 is 1.19 bits per heavy atom. The van der Waals surface area contributed by atoms with Gasteiger partial charge in [-0.25, -0.2) is 4.99 Å². The second-order valence-electron chi connectivity index (χ2n) is 8.16. The molecule has 9 heteroatoms. The number of alkyl halides is 3. The van der Waals surface area contributed by atoms with E-state index in [0.29, 0.717) is 31.2 Å². The molecular weight excluding hydrogens is 409 g/mol. The lowest BCUT2D eigenvalue weighted by Gasteiger charge is -2.31. The van der Waals surface area contributed by atoms with Gasteiger partial charge in [-0.3, -0.25) is 4.79 Å². The number of aliphatic imine (C=N–C) groups is 1. The van der Waals surface area contributed by atoms with Gasteiger partial charge in [-0.1, -0.05) is 37.1 Å². The number of hydrogen-bond donors (Lipinski definition) is 2. The zero-order valence-electron chi connectivity index (χ0n) is 18.5. The fraction of sp³-hybridized carbons (Fsp3) is 0.636. The fourth-order valence-corrected chi connectivity index (χ4v) is 3.86. The lowest BCUT2D eigenvalue weighted by molar-refractivity contribution is -0.176. The van der Waals surface area contributed by atoms with Gasteiger partial charge in [0.15, 0.2) is 5.96 Å². The normalized spacial score (nSPS) is 16.3. The van der Waals surface area contributed by atoms with E-state index in [-0.39, 0.29) is 12.5 Å². The van der Waals surface area contributed by atoms with Crippen LogP contribution in [0.1, 0.15) is 43.7 Å². The van der Waals surface area contributed by atoms with Gasteiger partial charge in [-0.2, -0.15) is 13.2 Å². The molecule has 0 atom stereocenters. The highest BCUT2D eigenvalue weighted by Gasteiger charge is 2.42. The van der Waals surface area contributed by atoms with Crippen LogP contribution >= 0.6 is 0 Å². The van der Waals surface area contributed by atoms with Gasteiger partial charge in [0.05, 0.1) is 18.6 Å². The van der Waals surface area contributed by atoms with Crippen molar-refractivity contribution in [1.29, 1.82) is 0 Å². The third-order valence-corrected chi connectivity index (χ3v) is 5.30. The summed E-state index contributed by atoms with van der Waals surface area (Å²) in [7, 11) is 3.57. The molecule has 1 aliphatic carbocycles. The Balaban J connectivity index is 1.99. The number of nitrogens with zero attached hydrogens (tertiary/aromatic N) is 2. The van der Waals surface area contributed by atoms with Gasteiger partial charge in [-0.15, -0.1) is 0 Å². The van der Waals surface area contributed by atoms with Crippen molar-refractivity contribution < 1.29 is 22.7 Å². The van der Waals surface area contributed by atoms with Crippen LogP contribution < -0.4 is 10.6 Å². The summed E-state index contributed by atoms with van der Waals surface area (Å²) in [6.45, 7) is 2.14. The first-order valence-corrected chi connectivity index (χ1v) is 10.6. The van der Waals surface area contributed by atoms with Gasteiger partial charge >= 0.3 is 6.18 Å². The molecule has 174 valence electrons. The lowest BCUT2D eigenvalue weighted by Crippen LogP contribution is -2.49. The zero-order valence-corrected chi connectivity index (χ0v) is 18.5. The molecule has 0 saturated heterocycles. The topological polar surface area (TPSA) is 66.0 Å². The van der Waals surface area contributed by atoms with Gasteiger partial charge in [0.25, 0.3) is 0 Å². The molecule has 6 nitrogen and oxygen atoms in total. The van der Waals surface area contributed by atoms with E-state index in [1.54, 1.807) is 37.2 Å². The molecule has 2 N–H and O–H groups in total. The molecule has 1 aromatic rings. The highest BCUT2D eigenvalue weighted by atomic mass is 19.4. The molecular formula is C22H33F3N4O2. The third-order valence-electron chi connectivity index (χ3n) is 5.30. The van der Waals surface area contributed by atoms with Crippen LogP contribution in [0.4, 0.5) is 13.2 Å². The minimum Gasteiger partial charge on any atom is -0.367 e. The molecule has 31 heavy (non-hydrogen) atoms. The van der Waals surface area contributed by atoms with Crippen molar-refractivity contribution in [2.45, 2.75) is 51.9 Å². The molecule has 1 aromatic carbocycles. The Bertz CT molecular complexity index is 745. The van der Waals surface area contributed by atoms with E-state index in [2.05, 4.69) is 15.6 Å². The average Bonchev–Trinajstić information content (AvgIpc) is 3.19. The van der Waals surface area contributed by atoms with Crippen molar-refractivity contribution in [1.82, 2.24) is 15.5 Å². The number of rotatable bonds is 9. The van der Waals surface area contributed by atoms with Crippen molar-refractivity contribution in [3.05, 3.63) is 35.4 Å². The Morgan fingerprint density at radius 2 is 1.87 bits per heavy atom. The Labute approximate surface area is 182 Å². The number of benzene rings is 1. The summed E-state index contributed by atoms with van der Waals surface area (Å²) in [6.07, 6.45) is -0.540. The number of guanidine groups is 1. The largest absolute Gasteiger partial charge is 0.411 e. The minimum absolute atomic E-state index is 0.107. The van der Waals surface area contributed by atoms with E-state index < -0.39 is 18.2 Å². The Kier molecular flexibility index (Phi) is 9.15. The maximum Gasteiger partial charge on any atom is 0.411 e. The number of halogens is 3. The Morgan fingerprint density at radius 3 is 2.48 bits per heavy atom. The summed E-state index contributed by atoms with van der Waals surface area (Å²) in [5, 5.41) is 6.51. The van der Waals surface area contributed by atoms with Gasteiger partial charge in [0.1, 0.15) is 6.61 Å². The molecule has 0 aromatic heterocycles. The van der Waals surface area contributed by atoms with E-state index in [1.165, 1.54) is 0 Å². The average molecular weight is 443 g/mol. The number of hydrogen-bond acceptors (Lipinski definition) is 3. The van der Waals surface area contributed by atoms with Gasteiger partial charge in [-0.05, 0) is 30.9 Å². The molecule has 0 unspecified atom stereocenters. The smallest absolute Gasteiger partial charge is 0.367 e.